The van der Waals surface area contributed by atoms with Gasteiger partial charge in [-0.1, -0.05) is 23.8 Å². The third-order valence-electron chi connectivity index (χ3n) is 2.97. The van der Waals surface area contributed by atoms with Gasteiger partial charge in [-0.15, -0.1) is 11.3 Å². The van der Waals surface area contributed by atoms with Crippen molar-refractivity contribution in [1.82, 2.24) is 0 Å². The quantitative estimate of drug-likeness (QED) is 0.582. The van der Waals surface area contributed by atoms with Crippen molar-refractivity contribution in [2.75, 3.05) is 6.61 Å². The molecule has 2 aromatic rings. The van der Waals surface area contributed by atoms with Gasteiger partial charge in [0, 0.05) is 4.88 Å². The Kier molecular flexibility index (Phi) is 6.05. The molecule has 24 heavy (non-hydrogen) atoms. The molecule has 1 aromatic carbocycles. The first-order valence-electron chi connectivity index (χ1n) is 7.22. The second kappa shape index (κ2) is 8.03. The van der Waals surface area contributed by atoms with Gasteiger partial charge in [-0.2, -0.15) is 12.8 Å². The summed E-state index contributed by atoms with van der Waals surface area (Å²) in [6.45, 7) is 3.63. The zero-order valence-corrected chi connectivity index (χ0v) is 14.9. The molecule has 0 fully saturated rings. The Hall–Kier alpha value is -2.25. The lowest BCUT2D eigenvalue weighted by Gasteiger charge is -2.03. The predicted octanol–water partition coefficient (Wildman–Crippen LogP) is 3.46. The van der Waals surface area contributed by atoms with E-state index >= 15 is 0 Å². The van der Waals surface area contributed by atoms with E-state index in [4.69, 9.17) is 4.74 Å². The summed E-state index contributed by atoms with van der Waals surface area (Å²) in [5, 5.41) is 1.88. The summed E-state index contributed by atoms with van der Waals surface area (Å²) < 4.78 is 33.3. The van der Waals surface area contributed by atoms with Crippen molar-refractivity contribution in [3.05, 3.63) is 58.3 Å². The molecule has 0 amide bonds. The van der Waals surface area contributed by atoms with Gasteiger partial charge in [-0.3, -0.25) is 0 Å². The highest BCUT2D eigenvalue weighted by Gasteiger charge is 2.18. The smallest absolute Gasteiger partial charge is 0.357 e. The SMILES string of the molecule is CCOC(=O)C(/C=C/c1cccs1)=N\S(=O)(=O)c1ccc(C)cc1. The number of benzene rings is 1. The van der Waals surface area contributed by atoms with Crippen LogP contribution in [-0.2, 0) is 19.6 Å². The molecule has 2 rings (SSSR count). The Labute approximate surface area is 145 Å². The number of hydrogen-bond donors (Lipinski definition) is 0. The van der Waals surface area contributed by atoms with Crippen LogP contribution in [0.1, 0.15) is 17.4 Å². The number of rotatable bonds is 6. The largest absolute Gasteiger partial charge is 0.461 e. The lowest BCUT2D eigenvalue weighted by molar-refractivity contribution is -0.134. The minimum absolute atomic E-state index is 0.0272. The molecular weight excluding hydrogens is 346 g/mol. The summed E-state index contributed by atoms with van der Waals surface area (Å²) in [6, 6.07) is 9.97. The number of aryl methyl sites for hydroxylation is 1. The minimum atomic E-state index is -3.99. The van der Waals surface area contributed by atoms with E-state index in [2.05, 4.69) is 4.40 Å². The predicted molar refractivity (Wildman–Crippen MR) is 95.8 cm³/mol. The highest BCUT2D eigenvalue weighted by atomic mass is 32.2. The van der Waals surface area contributed by atoms with E-state index in [0.29, 0.717) is 0 Å². The fraction of sp³-hybridized carbons (Fsp3) is 0.176. The summed E-state index contributed by atoms with van der Waals surface area (Å²) in [6.07, 6.45) is 2.99. The summed E-state index contributed by atoms with van der Waals surface area (Å²) in [7, 11) is -3.99. The summed E-state index contributed by atoms with van der Waals surface area (Å²) in [5.74, 6) is -0.777. The van der Waals surface area contributed by atoms with Crippen LogP contribution in [-0.4, -0.2) is 26.7 Å². The molecule has 0 saturated carbocycles. The van der Waals surface area contributed by atoms with Gasteiger partial charge < -0.3 is 4.74 Å². The Morgan fingerprint density at radius 2 is 1.96 bits per heavy atom. The van der Waals surface area contributed by atoms with E-state index in [1.165, 1.54) is 29.5 Å². The van der Waals surface area contributed by atoms with Gasteiger partial charge in [0.1, 0.15) is 0 Å². The number of ether oxygens (including phenoxy) is 1. The fourth-order valence-corrected chi connectivity index (χ4v) is 3.38. The van der Waals surface area contributed by atoms with Gasteiger partial charge in [-0.05, 0) is 49.6 Å². The van der Waals surface area contributed by atoms with Gasteiger partial charge in [0.05, 0.1) is 11.5 Å². The number of carbonyl (C=O) groups excluding carboxylic acids is 1. The highest BCUT2D eigenvalue weighted by molar-refractivity contribution is 7.90. The number of sulfonamides is 1. The van der Waals surface area contributed by atoms with Crippen LogP contribution in [0.5, 0.6) is 0 Å². The van der Waals surface area contributed by atoms with E-state index in [1.54, 1.807) is 25.1 Å². The third-order valence-corrected chi connectivity index (χ3v) is 5.11. The van der Waals surface area contributed by atoms with Crippen molar-refractivity contribution < 1.29 is 17.9 Å². The zero-order chi connectivity index (χ0) is 17.6. The second-order valence-corrected chi connectivity index (χ2v) is 7.42. The summed E-state index contributed by atoms with van der Waals surface area (Å²) in [5.41, 5.74) is 0.673. The molecule has 0 unspecified atom stereocenters. The number of carbonyl (C=O) groups is 1. The molecule has 1 heterocycles. The molecular formula is C17H17NO4S2. The minimum Gasteiger partial charge on any atom is -0.461 e. The first-order chi connectivity index (χ1) is 11.4. The van der Waals surface area contributed by atoms with Crippen molar-refractivity contribution in [2.24, 2.45) is 4.40 Å². The Bertz CT molecular complexity index is 849. The molecule has 0 N–H and O–H groups in total. The zero-order valence-electron chi connectivity index (χ0n) is 13.3. The monoisotopic (exact) mass is 363 g/mol. The average molecular weight is 363 g/mol. The first kappa shape index (κ1) is 18.1. The van der Waals surface area contributed by atoms with Gasteiger partial charge in [0.25, 0.3) is 10.0 Å². The molecule has 0 bridgehead atoms. The molecule has 0 aliphatic carbocycles. The van der Waals surface area contributed by atoms with Gasteiger partial charge in [0.15, 0.2) is 5.71 Å². The van der Waals surface area contributed by atoms with Crippen molar-refractivity contribution in [1.29, 1.82) is 0 Å². The molecule has 5 nitrogen and oxygen atoms in total. The van der Waals surface area contributed by atoms with Crippen LogP contribution in [0.3, 0.4) is 0 Å². The molecule has 0 saturated heterocycles. The maximum Gasteiger partial charge on any atom is 0.357 e. The van der Waals surface area contributed by atoms with Crippen LogP contribution in [0.4, 0.5) is 0 Å². The Morgan fingerprint density at radius 3 is 2.54 bits per heavy atom. The van der Waals surface area contributed by atoms with Crippen LogP contribution < -0.4 is 0 Å². The van der Waals surface area contributed by atoms with Crippen LogP contribution in [0, 0.1) is 6.92 Å². The molecule has 0 atom stereocenters. The number of esters is 1. The first-order valence-corrected chi connectivity index (χ1v) is 9.54. The van der Waals surface area contributed by atoms with Crippen molar-refractivity contribution in [3.8, 4) is 0 Å². The molecule has 0 radical (unpaired) electrons. The van der Waals surface area contributed by atoms with E-state index in [0.717, 1.165) is 10.4 Å². The molecule has 0 aliphatic heterocycles. The number of hydrogen-bond acceptors (Lipinski definition) is 5. The van der Waals surface area contributed by atoms with Crippen molar-refractivity contribution in [2.45, 2.75) is 18.7 Å². The number of thiophene rings is 1. The molecule has 7 heteroatoms. The molecule has 0 aliphatic rings. The van der Waals surface area contributed by atoms with E-state index in [-0.39, 0.29) is 17.2 Å². The molecule has 1 aromatic heterocycles. The fourth-order valence-electron chi connectivity index (χ4n) is 1.78. The van der Waals surface area contributed by atoms with E-state index in [1.807, 2.05) is 24.4 Å². The van der Waals surface area contributed by atoms with Crippen LogP contribution in [0.25, 0.3) is 6.08 Å². The second-order valence-electron chi connectivity index (χ2n) is 4.83. The van der Waals surface area contributed by atoms with Gasteiger partial charge in [0.2, 0.25) is 0 Å². The summed E-state index contributed by atoms with van der Waals surface area (Å²) >= 11 is 1.46. The van der Waals surface area contributed by atoms with Crippen LogP contribution >= 0.6 is 11.3 Å². The van der Waals surface area contributed by atoms with Gasteiger partial charge >= 0.3 is 5.97 Å². The molecule has 0 spiro atoms. The van der Waals surface area contributed by atoms with Crippen molar-refractivity contribution in [3.63, 3.8) is 0 Å². The van der Waals surface area contributed by atoms with E-state index < -0.39 is 16.0 Å². The Morgan fingerprint density at radius 1 is 1.25 bits per heavy atom. The highest BCUT2D eigenvalue weighted by Crippen LogP contribution is 2.15. The maximum atomic E-state index is 12.4. The molecule has 126 valence electrons. The standard InChI is InChI=1S/C17H17NO4S2/c1-3-22-17(19)16(11-8-14-5-4-12-23-14)18-24(20,21)15-9-6-13(2)7-10-15/h4-12H,3H2,1-2H3/b11-8+,18-16-. The van der Waals surface area contributed by atoms with E-state index in [9.17, 15) is 13.2 Å². The average Bonchev–Trinajstić information content (AvgIpc) is 3.05. The lowest BCUT2D eigenvalue weighted by atomic mass is 10.2. The lowest BCUT2D eigenvalue weighted by Crippen LogP contribution is -2.17. The topological polar surface area (TPSA) is 72.8 Å². The van der Waals surface area contributed by atoms with Gasteiger partial charge in [-0.25, -0.2) is 4.79 Å². The third kappa shape index (κ3) is 4.87. The maximum absolute atomic E-state index is 12.4. The number of nitrogens with zero attached hydrogens (tertiary/aromatic N) is 1. The van der Waals surface area contributed by atoms with Crippen molar-refractivity contribution >= 4 is 39.1 Å². The van der Waals surface area contributed by atoms with Crippen LogP contribution in [0.15, 0.2) is 57.1 Å². The Balaban J connectivity index is 2.39. The summed E-state index contributed by atoms with van der Waals surface area (Å²) in [4.78, 5) is 12.9. The van der Waals surface area contributed by atoms with Crippen LogP contribution in [0.2, 0.25) is 0 Å². The normalized spacial score (nSPS) is 12.5.